The third-order valence-electron chi connectivity index (χ3n) is 2.81. The predicted molar refractivity (Wildman–Crippen MR) is 103 cm³/mol. The average Bonchev–Trinajstić information content (AvgIpc) is 2.36. The molecule has 0 N–H and O–H groups in total. The number of ether oxygens (including phenoxy) is 2. The molecule has 0 saturated carbocycles. The van der Waals surface area contributed by atoms with Crippen LogP contribution in [0.4, 0.5) is 0 Å². The molecule has 1 rings (SSSR count). The van der Waals surface area contributed by atoms with E-state index in [-0.39, 0.29) is 12.9 Å². The molecular weight excluding hydrogens is 510 g/mol. The van der Waals surface area contributed by atoms with Crippen molar-refractivity contribution in [3.8, 4) is 5.75 Å². The van der Waals surface area contributed by atoms with E-state index in [0.29, 0.717) is 12.2 Å². The van der Waals surface area contributed by atoms with Crippen molar-refractivity contribution in [3.05, 3.63) is 30.3 Å². The van der Waals surface area contributed by atoms with Crippen molar-refractivity contribution in [3.63, 3.8) is 0 Å². The molecule has 1 atom stereocenters. The Labute approximate surface area is 158 Å². The maximum Gasteiger partial charge on any atom is 0.422 e. The van der Waals surface area contributed by atoms with Gasteiger partial charge in [0.1, 0.15) is 11.9 Å². The summed E-state index contributed by atoms with van der Waals surface area (Å²) in [5.74, 6) is -1.63. The van der Waals surface area contributed by atoms with Crippen molar-refractivity contribution in [2.24, 2.45) is 0 Å². The first-order valence-electron chi connectivity index (χ1n) is 6.85. The van der Waals surface area contributed by atoms with Gasteiger partial charge in [-0.15, -0.1) is 0 Å². The van der Waals surface area contributed by atoms with Crippen LogP contribution in [0.3, 0.4) is 0 Å². The molecule has 0 aliphatic rings. The summed E-state index contributed by atoms with van der Waals surface area (Å²) in [6.07, 6.45) is 0.268. The highest BCUT2D eigenvalue weighted by atomic mass is 127. The Morgan fingerprint density at radius 2 is 1.59 bits per heavy atom. The SMILES string of the molecule is CC(C)(I)CC(OC(=O)C(=O)Oc1ccccc1)C(C)(C)I. The smallest absolute Gasteiger partial charge is 0.422 e. The normalized spacial score (nSPS) is 13.4. The first kappa shape index (κ1) is 19.7. The molecule has 0 bridgehead atoms. The molecule has 0 aliphatic heterocycles. The third kappa shape index (κ3) is 7.26. The van der Waals surface area contributed by atoms with E-state index in [1.54, 1.807) is 30.3 Å². The molecule has 4 nitrogen and oxygen atoms in total. The molecule has 6 heteroatoms. The lowest BCUT2D eigenvalue weighted by atomic mass is 9.97. The zero-order valence-corrected chi connectivity index (χ0v) is 17.4. The number of rotatable bonds is 5. The van der Waals surface area contributed by atoms with E-state index < -0.39 is 11.9 Å². The standard InChI is InChI=1S/C16H20I2O4/c1-15(2,17)10-12(16(3,4)18)22-14(20)13(19)21-11-8-6-5-7-9-11/h5-9,12H,10H2,1-4H3. The summed E-state index contributed by atoms with van der Waals surface area (Å²) >= 11 is 4.53. The highest BCUT2D eigenvalue weighted by Crippen LogP contribution is 2.34. The Bertz CT molecular complexity index is 515. The van der Waals surface area contributed by atoms with Crippen LogP contribution in [0.1, 0.15) is 34.1 Å². The fourth-order valence-corrected chi connectivity index (χ4v) is 2.43. The van der Waals surface area contributed by atoms with Gasteiger partial charge in [0, 0.05) is 3.42 Å². The molecular formula is C16H20I2O4. The van der Waals surface area contributed by atoms with Crippen molar-refractivity contribution >= 4 is 57.1 Å². The second-order valence-electron chi connectivity index (χ2n) is 6.08. The minimum atomic E-state index is -0.997. The summed E-state index contributed by atoms with van der Waals surface area (Å²) in [6.45, 7) is 8.05. The van der Waals surface area contributed by atoms with E-state index in [9.17, 15) is 9.59 Å². The number of hydrogen-bond donors (Lipinski definition) is 0. The van der Waals surface area contributed by atoms with Crippen LogP contribution in [0.15, 0.2) is 30.3 Å². The van der Waals surface area contributed by atoms with Gasteiger partial charge in [-0.2, -0.15) is 0 Å². The number of carbonyl (C=O) groups is 2. The summed E-state index contributed by atoms with van der Waals surface area (Å²) in [5, 5.41) is 0. The second-order valence-corrected chi connectivity index (χ2v) is 11.8. The molecule has 0 spiro atoms. The fraction of sp³-hybridized carbons (Fsp3) is 0.500. The van der Waals surface area contributed by atoms with E-state index in [0.717, 1.165) is 0 Å². The van der Waals surface area contributed by atoms with E-state index >= 15 is 0 Å². The molecule has 1 aromatic rings. The van der Waals surface area contributed by atoms with Crippen molar-refractivity contribution in [1.29, 1.82) is 0 Å². The first-order chi connectivity index (χ1) is 9.99. The summed E-state index contributed by atoms with van der Waals surface area (Å²) < 4.78 is 10.1. The molecule has 0 heterocycles. The average molecular weight is 530 g/mol. The lowest BCUT2D eigenvalue weighted by molar-refractivity contribution is -0.166. The predicted octanol–water partition coefficient (Wildman–Crippen LogP) is 4.32. The van der Waals surface area contributed by atoms with E-state index in [2.05, 4.69) is 59.0 Å². The highest BCUT2D eigenvalue weighted by molar-refractivity contribution is 14.1. The van der Waals surface area contributed by atoms with E-state index in [1.807, 2.05) is 13.8 Å². The van der Waals surface area contributed by atoms with Gasteiger partial charge in [0.15, 0.2) is 0 Å². The number of benzene rings is 1. The Balaban J connectivity index is 2.72. The van der Waals surface area contributed by atoms with Gasteiger partial charge in [0.05, 0.1) is 3.42 Å². The third-order valence-corrected chi connectivity index (χ3v) is 3.94. The van der Waals surface area contributed by atoms with Gasteiger partial charge in [0.25, 0.3) is 0 Å². The number of hydrogen-bond acceptors (Lipinski definition) is 4. The van der Waals surface area contributed by atoms with Crippen molar-refractivity contribution in [2.45, 2.75) is 47.1 Å². The molecule has 0 radical (unpaired) electrons. The minimum absolute atomic E-state index is 0.0471. The Kier molecular flexibility index (Phi) is 7.10. The second kappa shape index (κ2) is 7.94. The van der Waals surface area contributed by atoms with Gasteiger partial charge in [-0.3, -0.25) is 0 Å². The van der Waals surface area contributed by atoms with Crippen LogP contribution in [0.25, 0.3) is 0 Å². The Morgan fingerprint density at radius 3 is 2.05 bits per heavy atom. The topological polar surface area (TPSA) is 52.6 Å². The van der Waals surface area contributed by atoms with Crippen LogP contribution in [0.2, 0.25) is 0 Å². The quantitative estimate of drug-likeness (QED) is 0.187. The highest BCUT2D eigenvalue weighted by Gasteiger charge is 2.36. The summed E-state index contributed by atoms with van der Waals surface area (Å²) in [6, 6.07) is 8.47. The molecule has 22 heavy (non-hydrogen) atoms. The summed E-state index contributed by atoms with van der Waals surface area (Å²) in [7, 11) is 0. The van der Waals surface area contributed by atoms with Gasteiger partial charge >= 0.3 is 11.9 Å². The molecule has 0 aromatic heterocycles. The van der Waals surface area contributed by atoms with Gasteiger partial charge < -0.3 is 9.47 Å². The zero-order chi connectivity index (χ0) is 17.0. The van der Waals surface area contributed by atoms with Crippen molar-refractivity contribution in [1.82, 2.24) is 0 Å². The Hall–Kier alpha value is -0.380. The van der Waals surface area contributed by atoms with E-state index in [4.69, 9.17) is 9.47 Å². The van der Waals surface area contributed by atoms with Crippen LogP contribution in [0.5, 0.6) is 5.75 Å². The fourth-order valence-electron chi connectivity index (χ4n) is 1.68. The molecule has 0 amide bonds. The largest absolute Gasteiger partial charge is 0.453 e. The van der Waals surface area contributed by atoms with Crippen LogP contribution in [-0.4, -0.2) is 24.9 Å². The molecule has 0 fully saturated rings. The maximum absolute atomic E-state index is 12.0. The number of halogens is 2. The number of esters is 2. The van der Waals surface area contributed by atoms with Crippen molar-refractivity contribution in [2.75, 3.05) is 0 Å². The minimum Gasteiger partial charge on any atom is -0.453 e. The molecule has 122 valence electrons. The monoisotopic (exact) mass is 530 g/mol. The van der Waals surface area contributed by atoms with Gasteiger partial charge in [-0.1, -0.05) is 77.2 Å². The van der Waals surface area contributed by atoms with Crippen LogP contribution >= 0.6 is 45.2 Å². The van der Waals surface area contributed by atoms with Gasteiger partial charge in [-0.05, 0) is 32.4 Å². The van der Waals surface area contributed by atoms with E-state index in [1.165, 1.54) is 0 Å². The number of para-hydroxylation sites is 1. The molecule has 1 unspecified atom stereocenters. The Morgan fingerprint density at radius 1 is 1.05 bits per heavy atom. The van der Waals surface area contributed by atoms with Gasteiger partial charge in [0.2, 0.25) is 0 Å². The lowest BCUT2D eigenvalue weighted by Crippen LogP contribution is -2.40. The molecule has 0 aliphatic carbocycles. The van der Waals surface area contributed by atoms with Crippen LogP contribution in [-0.2, 0) is 14.3 Å². The molecule has 0 saturated heterocycles. The van der Waals surface area contributed by atoms with Gasteiger partial charge in [-0.25, -0.2) is 9.59 Å². The lowest BCUT2D eigenvalue weighted by Gasteiger charge is -2.32. The summed E-state index contributed by atoms with van der Waals surface area (Å²) in [4.78, 5) is 23.8. The number of carbonyl (C=O) groups excluding carboxylic acids is 2. The van der Waals surface area contributed by atoms with Crippen molar-refractivity contribution < 1.29 is 19.1 Å². The zero-order valence-electron chi connectivity index (χ0n) is 13.1. The van der Waals surface area contributed by atoms with Crippen LogP contribution in [0, 0.1) is 0 Å². The first-order valence-corrected chi connectivity index (χ1v) is 9.00. The van der Waals surface area contributed by atoms with Crippen LogP contribution < -0.4 is 4.74 Å². The maximum atomic E-state index is 12.0. The summed E-state index contributed by atoms with van der Waals surface area (Å²) in [5.41, 5.74) is 0. The number of alkyl halides is 2. The molecule has 1 aromatic carbocycles.